The Morgan fingerprint density at radius 1 is 1.19 bits per heavy atom. The van der Waals surface area contributed by atoms with Crippen LogP contribution in [-0.2, 0) is 23.9 Å². The van der Waals surface area contributed by atoms with Gasteiger partial charge in [0, 0.05) is 12.6 Å². The van der Waals surface area contributed by atoms with Crippen molar-refractivity contribution < 1.29 is 28.7 Å². The van der Waals surface area contributed by atoms with Crippen molar-refractivity contribution in [3.05, 3.63) is 35.4 Å². The number of nitrogens with one attached hydrogen (secondary N) is 2. The Morgan fingerprint density at radius 2 is 1.86 bits per heavy atom. The Morgan fingerprint density at radius 3 is 2.42 bits per heavy atom. The lowest BCUT2D eigenvalue weighted by molar-refractivity contribution is -0.143. The second-order valence-corrected chi connectivity index (χ2v) is 9.91. The molecule has 0 aliphatic heterocycles. The van der Waals surface area contributed by atoms with E-state index in [9.17, 15) is 19.2 Å². The lowest BCUT2D eigenvalue weighted by atomic mass is 9.98. The van der Waals surface area contributed by atoms with Crippen LogP contribution in [0.15, 0.2) is 24.3 Å². The molecule has 0 aromatic heterocycles. The Kier molecular flexibility index (Phi) is 12.9. The number of hydrogen-bond acceptors (Lipinski definition) is 7. The van der Waals surface area contributed by atoms with Crippen molar-refractivity contribution in [1.29, 1.82) is 0 Å². The van der Waals surface area contributed by atoms with Crippen LogP contribution in [0.4, 0.5) is 4.79 Å². The summed E-state index contributed by atoms with van der Waals surface area (Å²) >= 11 is 1.50. The molecule has 0 saturated heterocycles. The van der Waals surface area contributed by atoms with Crippen molar-refractivity contribution >= 4 is 35.6 Å². The van der Waals surface area contributed by atoms with Gasteiger partial charge in [0.2, 0.25) is 5.91 Å². The lowest BCUT2D eigenvalue weighted by Crippen LogP contribution is -2.52. The highest BCUT2D eigenvalue weighted by atomic mass is 32.2. The Bertz CT molecular complexity index is 954. The highest BCUT2D eigenvalue weighted by Crippen LogP contribution is 2.25. The van der Waals surface area contributed by atoms with Crippen LogP contribution in [0, 0.1) is 19.4 Å². The Balaban J connectivity index is 3.27. The van der Waals surface area contributed by atoms with Crippen molar-refractivity contribution in [2.24, 2.45) is 0 Å². The fraction of sp³-hybridized carbons (Fsp3) is 0.538. The summed E-state index contributed by atoms with van der Waals surface area (Å²) in [4.78, 5) is 52.1. The molecule has 2 atom stereocenters. The number of alkyl carbamates (subject to hydrolysis) is 1. The first-order valence-electron chi connectivity index (χ1n) is 11.7. The monoisotopic (exact) mass is 519 g/mol. The van der Waals surface area contributed by atoms with Gasteiger partial charge in [0.15, 0.2) is 0 Å². The van der Waals surface area contributed by atoms with E-state index in [0.29, 0.717) is 11.3 Å². The maximum atomic E-state index is 13.6. The molecule has 2 unspecified atom stereocenters. The summed E-state index contributed by atoms with van der Waals surface area (Å²) in [6.45, 7) is 8.89. The zero-order valence-corrected chi connectivity index (χ0v) is 22.7. The van der Waals surface area contributed by atoms with E-state index in [1.54, 1.807) is 52.8 Å². The third-order valence-electron chi connectivity index (χ3n) is 4.90. The second-order valence-electron chi connectivity index (χ2n) is 8.92. The number of esters is 1. The predicted octanol–water partition coefficient (Wildman–Crippen LogP) is 3.17. The summed E-state index contributed by atoms with van der Waals surface area (Å²) in [6, 6.07) is 7.21. The molecule has 9 nitrogen and oxygen atoms in total. The average molecular weight is 520 g/mol. The number of benzene rings is 1. The second kappa shape index (κ2) is 15.0. The Hall–Kier alpha value is -3.19. The number of thioether (sulfide) groups is 1. The Labute approximate surface area is 218 Å². The van der Waals surface area contributed by atoms with E-state index in [2.05, 4.69) is 16.7 Å². The van der Waals surface area contributed by atoms with Gasteiger partial charge in [-0.25, -0.2) is 4.79 Å². The summed E-state index contributed by atoms with van der Waals surface area (Å²) in [6.07, 6.45) is 7.14. The van der Waals surface area contributed by atoms with E-state index in [1.165, 1.54) is 11.8 Å². The number of carbonyl (C=O) groups excluding carboxylic acids is 4. The quantitative estimate of drug-likeness (QED) is 0.248. The molecule has 2 N–H and O–H groups in total. The molecule has 0 radical (unpaired) electrons. The minimum absolute atomic E-state index is 0.0126. The third kappa shape index (κ3) is 10.2. The topological polar surface area (TPSA) is 114 Å². The molecule has 1 aromatic rings. The molecule has 0 aliphatic carbocycles. The molecular weight excluding hydrogens is 482 g/mol. The fourth-order valence-corrected chi connectivity index (χ4v) is 3.76. The molecule has 0 saturated carbocycles. The first-order valence-corrected chi connectivity index (χ1v) is 13.1. The zero-order chi connectivity index (χ0) is 27.3. The van der Waals surface area contributed by atoms with Crippen molar-refractivity contribution in [3.8, 4) is 12.5 Å². The van der Waals surface area contributed by atoms with Gasteiger partial charge in [-0.2, -0.15) is 11.8 Å². The molecule has 1 rings (SSSR count). The van der Waals surface area contributed by atoms with Crippen LogP contribution in [-0.4, -0.2) is 65.6 Å². The number of nitrogens with zero attached hydrogens (tertiary/aromatic N) is 1. The molecule has 0 aliphatic rings. The van der Waals surface area contributed by atoms with Crippen LogP contribution >= 0.6 is 11.8 Å². The number of carbonyl (C=O) groups is 4. The van der Waals surface area contributed by atoms with E-state index in [1.807, 2.05) is 12.3 Å². The maximum Gasteiger partial charge on any atom is 0.408 e. The van der Waals surface area contributed by atoms with Gasteiger partial charge in [-0.05, 0) is 64.2 Å². The highest BCUT2D eigenvalue weighted by molar-refractivity contribution is 7.98. The van der Waals surface area contributed by atoms with Gasteiger partial charge in [-0.3, -0.25) is 19.3 Å². The van der Waals surface area contributed by atoms with Gasteiger partial charge in [0.05, 0.1) is 13.0 Å². The average Bonchev–Trinajstić information content (AvgIpc) is 2.79. The molecule has 0 bridgehead atoms. The number of hydrogen-bond donors (Lipinski definition) is 2. The van der Waals surface area contributed by atoms with Crippen LogP contribution < -0.4 is 10.6 Å². The van der Waals surface area contributed by atoms with Crippen LogP contribution in [0.3, 0.4) is 0 Å². The van der Waals surface area contributed by atoms with Gasteiger partial charge in [-0.1, -0.05) is 30.7 Å². The van der Waals surface area contributed by atoms with Gasteiger partial charge in [0.25, 0.3) is 5.91 Å². The van der Waals surface area contributed by atoms with E-state index >= 15 is 0 Å². The molecule has 1 aromatic carbocycles. The summed E-state index contributed by atoms with van der Waals surface area (Å²) in [5, 5.41) is 5.28. The minimum Gasteiger partial charge on any atom is -0.466 e. The van der Waals surface area contributed by atoms with Crippen molar-refractivity contribution in [2.75, 3.05) is 25.2 Å². The van der Waals surface area contributed by atoms with Gasteiger partial charge in [-0.15, -0.1) is 0 Å². The van der Waals surface area contributed by atoms with Crippen LogP contribution in [0.2, 0.25) is 0 Å². The first-order chi connectivity index (χ1) is 16.9. The summed E-state index contributed by atoms with van der Waals surface area (Å²) in [7, 11) is 0. The van der Waals surface area contributed by atoms with E-state index < -0.39 is 41.6 Å². The standard InChI is InChI=1S/C26H37N3O6S/c1-8-29(24(32)20(15-17-36-7)28-25(33)35-26(4,5)6)22(19-13-11-10-12-18(19)3)23(31)27-16-14-21(30)34-9-2/h1,10-13,20,22H,9,14-17H2,2-7H3,(H,27,31)(H,28,33). The van der Waals surface area contributed by atoms with Crippen molar-refractivity contribution in [2.45, 2.75) is 65.1 Å². The number of aryl methyl sites for hydroxylation is 1. The fourth-order valence-electron chi connectivity index (χ4n) is 3.28. The normalized spacial score (nSPS) is 12.5. The van der Waals surface area contributed by atoms with Gasteiger partial charge >= 0.3 is 12.1 Å². The molecule has 0 fully saturated rings. The summed E-state index contributed by atoms with van der Waals surface area (Å²) in [5.74, 6) is -1.06. The molecule has 10 heteroatoms. The molecule has 36 heavy (non-hydrogen) atoms. The van der Waals surface area contributed by atoms with Crippen molar-refractivity contribution in [3.63, 3.8) is 0 Å². The van der Waals surface area contributed by atoms with Gasteiger partial charge in [0.1, 0.15) is 17.7 Å². The number of amides is 3. The van der Waals surface area contributed by atoms with E-state index in [0.717, 1.165) is 10.5 Å². The summed E-state index contributed by atoms with van der Waals surface area (Å²) < 4.78 is 10.2. The van der Waals surface area contributed by atoms with Crippen LogP contribution in [0.25, 0.3) is 0 Å². The third-order valence-corrected chi connectivity index (χ3v) is 5.54. The SMILES string of the molecule is C#CN(C(=O)C(CCSC)NC(=O)OC(C)(C)C)C(C(=O)NCCC(=O)OCC)c1ccccc1C. The molecule has 0 spiro atoms. The van der Waals surface area contributed by atoms with E-state index in [4.69, 9.17) is 15.9 Å². The lowest BCUT2D eigenvalue weighted by Gasteiger charge is -2.31. The molecule has 198 valence electrons. The van der Waals surface area contributed by atoms with E-state index in [-0.39, 0.29) is 26.0 Å². The predicted molar refractivity (Wildman–Crippen MR) is 140 cm³/mol. The smallest absolute Gasteiger partial charge is 0.408 e. The van der Waals surface area contributed by atoms with Crippen LogP contribution in [0.5, 0.6) is 0 Å². The molecule has 0 heterocycles. The zero-order valence-electron chi connectivity index (χ0n) is 21.9. The maximum absolute atomic E-state index is 13.6. The largest absolute Gasteiger partial charge is 0.466 e. The molecular formula is C26H37N3O6S. The first kappa shape index (κ1) is 30.8. The van der Waals surface area contributed by atoms with Crippen molar-refractivity contribution in [1.82, 2.24) is 15.5 Å². The summed E-state index contributed by atoms with van der Waals surface area (Å²) in [5.41, 5.74) is 0.515. The minimum atomic E-state index is -1.18. The van der Waals surface area contributed by atoms with Crippen LogP contribution in [0.1, 0.15) is 57.7 Å². The molecule has 3 amide bonds. The highest BCUT2D eigenvalue weighted by Gasteiger charge is 2.36. The van der Waals surface area contributed by atoms with Gasteiger partial charge < -0.3 is 20.1 Å². The number of rotatable bonds is 12. The number of ether oxygens (including phenoxy) is 2. The number of terminal acetylenes is 1.